The third kappa shape index (κ3) is 4.06. The normalized spacial score (nSPS) is 10.7. The van der Waals surface area contributed by atoms with Gasteiger partial charge < -0.3 is 19.8 Å². The van der Waals surface area contributed by atoms with E-state index in [-0.39, 0.29) is 5.91 Å². The molecule has 0 spiro atoms. The molecule has 1 amide bonds. The molecular formula is C23H21N3O3. The number of carbonyl (C=O) groups is 1. The van der Waals surface area contributed by atoms with Gasteiger partial charge in [0.2, 0.25) is 0 Å². The number of fused-ring (bicyclic) bond motifs is 1. The van der Waals surface area contributed by atoms with Crippen LogP contribution in [0, 0.1) is 6.92 Å². The Morgan fingerprint density at radius 3 is 2.72 bits per heavy atom. The highest BCUT2D eigenvalue weighted by Gasteiger charge is 2.12. The molecule has 6 heteroatoms. The number of rotatable bonds is 6. The van der Waals surface area contributed by atoms with Crippen LogP contribution >= 0.6 is 0 Å². The van der Waals surface area contributed by atoms with Gasteiger partial charge in [-0.3, -0.25) is 9.78 Å². The van der Waals surface area contributed by atoms with E-state index in [1.54, 1.807) is 25.6 Å². The molecular weight excluding hydrogens is 366 g/mol. The summed E-state index contributed by atoms with van der Waals surface area (Å²) < 4.78 is 11.6. The molecule has 2 N–H and O–H groups in total. The van der Waals surface area contributed by atoms with Crippen LogP contribution in [0.3, 0.4) is 0 Å². The molecule has 4 aromatic rings. The number of aryl methyl sites for hydroxylation is 1. The van der Waals surface area contributed by atoms with Crippen LogP contribution in [0.2, 0.25) is 0 Å². The highest BCUT2D eigenvalue weighted by atomic mass is 16.5. The van der Waals surface area contributed by atoms with Gasteiger partial charge in [0, 0.05) is 30.0 Å². The van der Waals surface area contributed by atoms with Crippen LogP contribution in [-0.4, -0.2) is 17.9 Å². The van der Waals surface area contributed by atoms with E-state index in [0.29, 0.717) is 23.6 Å². The second kappa shape index (κ2) is 8.06. The van der Waals surface area contributed by atoms with E-state index in [2.05, 4.69) is 34.7 Å². The highest BCUT2D eigenvalue weighted by Crippen LogP contribution is 2.34. The first-order valence-electron chi connectivity index (χ1n) is 9.28. The molecule has 29 heavy (non-hydrogen) atoms. The van der Waals surface area contributed by atoms with Crippen molar-refractivity contribution in [1.82, 2.24) is 10.3 Å². The minimum atomic E-state index is -0.230. The van der Waals surface area contributed by atoms with Crippen molar-refractivity contribution < 1.29 is 13.9 Å². The molecule has 2 aromatic heterocycles. The van der Waals surface area contributed by atoms with E-state index in [0.717, 1.165) is 22.3 Å². The van der Waals surface area contributed by atoms with Gasteiger partial charge in [0.05, 0.1) is 6.26 Å². The molecule has 0 aliphatic rings. The second-order valence-corrected chi connectivity index (χ2v) is 6.68. The van der Waals surface area contributed by atoms with Crippen molar-refractivity contribution in [2.24, 2.45) is 0 Å². The van der Waals surface area contributed by atoms with E-state index in [4.69, 9.17) is 9.15 Å². The van der Waals surface area contributed by atoms with Gasteiger partial charge in [-0.05, 0) is 55.0 Å². The van der Waals surface area contributed by atoms with Crippen molar-refractivity contribution in [3.05, 3.63) is 83.9 Å². The first-order valence-corrected chi connectivity index (χ1v) is 9.28. The van der Waals surface area contributed by atoms with E-state index in [1.807, 2.05) is 36.4 Å². The number of pyridine rings is 1. The molecule has 146 valence electrons. The van der Waals surface area contributed by atoms with Gasteiger partial charge in [0.25, 0.3) is 5.91 Å². The summed E-state index contributed by atoms with van der Waals surface area (Å²) in [5, 5.41) is 6.92. The lowest BCUT2D eigenvalue weighted by Crippen LogP contribution is -2.19. The Hall–Kier alpha value is -3.80. The number of aromatic nitrogens is 1. The lowest BCUT2D eigenvalue weighted by molar-refractivity contribution is 0.0958. The molecule has 0 bridgehead atoms. The predicted molar refractivity (Wildman–Crippen MR) is 113 cm³/mol. The zero-order chi connectivity index (χ0) is 20.2. The van der Waals surface area contributed by atoms with E-state index in [9.17, 15) is 4.79 Å². The van der Waals surface area contributed by atoms with Gasteiger partial charge in [-0.1, -0.05) is 17.7 Å². The fourth-order valence-electron chi connectivity index (χ4n) is 3.03. The van der Waals surface area contributed by atoms with Gasteiger partial charge in [-0.25, -0.2) is 0 Å². The monoisotopic (exact) mass is 387 g/mol. The average Bonchev–Trinajstić information content (AvgIpc) is 3.25. The fraction of sp³-hybridized carbons (Fsp3) is 0.130. The molecule has 0 saturated heterocycles. The Balaban J connectivity index is 1.54. The average molecular weight is 387 g/mol. The van der Waals surface area contributed by atoms with Crippen LogP contribution in [0.15, 0.2) is 71.5 Å². The summed E-state index contributed by atoms with van der Waals surface area (Å²) in [6, 6.07) is 17.5. The summed E-state index contributed by atoms with van der Waals surface area (Å²) in [4.78, 5) is 15.8. The Morgan fingerprint density at radius 2 is 1.93 bits per heavy atom. The summed E-state index contributed by atoms with van der Waals surface area (Å²) in [5.74, 6) is 0.407. The minimum Gasteiger partial charge on any atom is -0.485 e. The van der Waals surface area contributed by atoms with Crippen molar-refractivity contribution in [3.63, 3.8) is 0 Å². The van der Waals surface area contributed by atoms with Gasteiger partial charge in [-0.2, -0.15) is 0 Å². The number of hydrogen-bond donors (Lipinski definition) is 2. The molecule has 0 radical (unpaired) electrons. The number of amides is 1. The molecule has 0 saturated carbocycles. The fourth-order valence-corrected chi connectivity index (χ4v) is 3.03. The Bertz CT molecular complexity index is 1150. The van der Waals surface area contributed by atoms with Crippen LogP contribution in [-0.2, 0) is 6.61 Å². The zero-order valence-corrected chi connectivity index (χ0v) is 16.2. The van der Waals surface area contributed by atoms with Gasteiger partial charge in [-0.15, -0.1) is 0 Å². The number of ether oxygens (including phenoxy) is 1. The maximum absolute atomic E-state index is 11.7. The van der Waals surface area contributed by atoms with Crippen molar-refractivity contribution in [3.8, 4) is 5.75 Å². The van der Waals surface area contributed by atoms with E-state index >= 15 is 0 Å². The zero-order valence-electron chi connectivity index (χ0n) is 16.2. The quantitative estimate of drug-likeness (QED) is 0.496. The van der Waals surface area contributed by atoms with Crippen LogP contribution in [0.4, 0.5) is 11.4 Å². The largest absolute Gasteiger partial charge is 0.485 e. The maximum Gasteiger partial charge on any atom is 0.269 e. The molecule has 0 unspecified atom stereocenters. The summed E-state index contributed by atoms with van der Waals surface area (Å²) >= 11 is 0. The highest BCUT2D eigenvalue weighted by molar-refractivity contribution is 5.96. The molecule has 0 atom stereocenters. The maximum atomic E-state index is 11.7. The lowest BCUT2D eigenvalue weighted by atomic mass is 10.2. The number of benzene rings is 2. The molecule has 0 aliphatic heterocycles. The number of nitrogens with one attached hydrogen (secondary N) is 2. The standard InChI is InChI=1S/C23H21N3O3/c1-15-3-5-17(6-4-15)26-19-7-8-21(22-18(19)10-12-28-22)29-14-16-9-11-25-20(13-16)23(27)24-2/h3-13,26H,14H2,1-2H3,(H,24,27). The smallest absolute Gasteiger partial charge is 0.269 e. The van der Waals surface area contributed by atoms with Crippen LogP contribution in [0.1, 0.15) is 21.6 Å². The first-order chi connectivity index (χ1) is 14.1. The molecule has 6 nitrogen and oxygen atoms in total. The Kier molecular flexibility index (Phi) is 5.16. The first kappa shape index (κ1) is 18.6. The Labute approximate surface area is 168 Å². The van der Waals surface area contributed by atoms with Crippen LogP contribution < -0.4 is 15.4 Å². The molecule has 2 heterocycles. The number of anilines is 2. The van der Waals surface area contributed by atoms with Gasteiger partial charge in [0.1, 0.15) is 12.3 Å². The van der Waals surface area contributed by atoms with Crippen molar-refractivity contribution in [1.29, 1.82) is 0 Å². The Morgan fingerprint density at radius 1 is 1.10 bits per heavy atom. The van der Waals surface area contributed by atoms with Crippen molar-refractivity contribution in [2.45, 2.75) is 13.5 Å². The number of nitrogens with zero attached hydrogens (tertiary/aromatic N) is 1. The molecule has 2 aromatic carbocycles. The SMILES string of the molecule is CNC(=O)c1cc(COc2ccc(Nc3ccc(C)cc3)c3ccoc23)ccn1. The third-order valence-electron chi connectivity index (χ3n) is 4.59. The minimum absolute atomic E-state index is 0.230. The number of carbonyl (C=O) groups excluding carboxylic acids is 1. The number of hydrogen-bond acceptors (Lipinski definition) is 5. The summed E-state index contributed by atoms with van der Waals surface area (Å²) in [6.07, 6.45) is 3.24. The van der Waals surface area contributed by atoms with Gasteiger partial charge >= 0.3 is 0 Å². The molecule has 0 aliphatic carbocycles. The number of furan rings is 1. The van der Waals surface area contributed by atoms with Gasteiger partial charge in [0.15, 0.2) is 11.3 Å². The molecule has 4 rings (SSSR count). The van der Waals surface area contributed by atoms with E-state index in [1.165, 1.54) is 5.56 Å². The van der Waals surface area contributed by atoms with Crippen LogP contribution in [0.25, 0.3) is 11.0 Å². The second-order valence-electron chi connectivity index (χ2n) is 6.68. The topological polar surface area (TPSA) is 76.4 Å². The van der Waals surface area contributed by atoms with Crippen molar-refractivity contribution >= 4 is 28.3 Å². The third-order valence-corrected chi connectivity index (χ3v) is 4.59. The summed E-state index contributed by atoms with van der Waals surface area (Å²) in [5.41, 5.74) is 5.03. The lowest BCUT2D eigenvalue weighted by Gasteiger charge is -2.11. The summed E-state index contributed by atoms with van der Waals surface area (Å²) in [7, 11) is 1.58. The summed E-state index contributed by atoms with van der Waals surface area (Å²) in [6.45, 7) is 2.36. The van der Waals surface area contributed by atoms with E-state index < -0.39 is 0 Å². The predicted octanol–water partition coefficient (Wildman–Crippen LogP) is 4.82. The molecule has 0 fully saturated rings. The van der Waals surface area contributed by atoms with Crippen molar-refractivity contribution in [2.75, 3.05) is 12.4 Å². The van der Waals surface area contributed by atoms with Crippen LogP contribution in [0.5, 0.6) is 5.75 Å².